The largest absolute Gasteiger partial charge is 0.507 e. The van der Waals surface area contributed by atoms with Gasteiger partial charge in [-0.1, -0.05) is 0 Å². The van der Waals surface area contributed by atoms with Gasteiger partial charge in [-0.25, -0.2) is 9.18 Å². The highest BCUT2D eigenvalue weighted by Gasteiger charge is 2.29. The zero-order valence-electron chi connectivity index (χ0n) is 10.1. The van der Waals surface area contributed by atoms with Gasteiger partial charge in [0.05, 0.1) is 15.8 Å². The van der Waals surface area contributed by atoms with Gasteiger partial charge in [0.25, 0.3) is 0 Å². The molecule has 1 fully saturated rings. The SMILES string of the molecule is O=C(O)c1cn(C2CC2)c2c(F)c(S)c(O)cc2c1=O. The van der Waals surface area contributed by atoms with E-state index in [4.69, 9.17) is 5.11 Å². The maximum absolute atomic E-state index is 14.3. The minimum Gasteiger partial charge on any atom is -0.507 e. The molecule has 0 bridgehead atoms. The highest BCUT2D eigenvalue weighted by molar-refractivity contribution is 7.80. The lowest BCUT2D eigenvalue weighted by Crippen LogP contribution is -2.19. The zero-order chi connectivity index (χ0) is 14.6. The number of rotatable bonds is 2. The Kier molecular flexibility index (Phi) is 2.75. The molecular formula is C13H10FNO4S. The van der Waals surface area contributed by atoms with E-state index in [0.29, 0.717) is 0 Å². The molecule has 0 spiro atoms. The number of hydrogen-bond acceptors (Lipinski definition) is 4. The van der Waals surface area contributed by atoms with E-state index in [9.17, 15) is 19.1 Å². The van der Waals surface area contributed by atoms with Crippen LogP contribution in [0.4, 0.5) is 4.39 Å². The monoisotopic (exact) mass is 295 g/mol. The van der Waals surface area contributed by atoms with Gasteiger partial charge in [0.15, 0.2) is 5.82 Å². The Morgan fingerprint density at radius 2 is 2.10 bits per heavy atom. The predicted octanol–water partition coefficient (Wildman–Crippen LogP) is 2.17. The first-order chi connectivity index (χ1) is 9.41. The molecule has 20 heavy (non-hydrogen) atoms. The number of thiol groups is 1. The molecule has 0 aliphatic heterocycles. The van der Waals surface area contributed by atoms with Crippen molar-refractivity contribution < 1.29 is 19.4 Å². The van der Waals surface area contributed by atoms with Crippen LogP contribution in [0.2, 0.25) is 0 Å². The molecule has 1 aromatic heterocycles. The number of hydrogen-bond donors (Lipinski definition) is 3. The highest BCUT2D eigenvalue weighted by Crippen LogP contribution is 2.39. The first-order valence-electron chi connectivity index (χ1n) is 5.94. The van der Waals surface area contributed by atoms with Crippen molar-refractivity contribution in [1.29, 1.82) is 0 Å². The summed E-state index contributed by atoms with van der Waals surface area (Å²) in [7, 11) is 0. The summed E-state index contributed by atoms with van der Waals surface area (Å²) in [6.07, 6.45) is 2.75. The van der Waals surface area contributed by atoms with E-state index in [2.05, 4.69) is 12.6 Å². The average Bonchev–Trinajstić information content (AvgIpc) is 3.21. The molecule has 1 aliphatic rings. The van der Waals surface area contributed by atoms with Gasteiger partial charge in [0, 0.05) is 12.2 Å². The number of phenolic OH excluding ortho intramolecular Hbond substituents is 1. The fraction of sp³-hybridized carbons (Fsp3) is 0.231. The third-order valence-corrected chi connectivity index (χ3v) is 3.81. The number of aromatic nitrogens is 1. The fourth-order valence-electron chi connectivity index (χ4n) is 2.24. The summed E-state index contributed by atoms with van der Waals surface area (Å²) in [6, 6.07) is 1.04. The van der Waals surface area contributed by atoms with E-state index < -0.39 is 28.5 Å². The predicted molar refractivity (Wildman–Crippen MR) is 72.3 cm³/mol. The van der Waals surface area contributed by atoms with Crippen molar-refractivity contribution in [2.75, 3.05) is 0 Å². The van der Waals surface area contributed by atoms with Crippen LogP contribution in [0, 0.1) is 5.82 Å². The normalized spacial score (nSPS) is 14.7. The molecule has 2 N–H and O–H groups in total. The third-order valence-electron chi connectivity index (χ3n) is 3.38. The number of nitrogens with zero attached hydrogens (tertiary/aromatic N) is 1. The lowest BCUT2D eigenvalue weighted by atomic mass is 10.1. The summed E-state index contributed by atoms with van der Waals surface area (Å²) >= 11 is 3.87. The van der Waals surface area contributed by atoms with Crippen LogP contribution in [0.25, 0.3) is 10.9 Å². The first kappa shape index (κ1) is 13.0. The average molecular weight is 295 g/mol. The summed E-state index contributed by atoms with van der Waals surface area (Å²) in [5, 5.41) is 18.5. The number of pyridine rings is 1. The second-order valence-electron chi connectivity index (χ2n) is 4.77. The molecule has 2 aromatic rings. The van der Waals surface area contributed by atoms with Crippen molar-refractivity contribution in [2.45, 2.75) is 23.8 Å². The van der Waals surface area contributed by atoms with Crippen LogP contribution in [0.15, 0.2) is 22.0 Å². The van der Waals surface area contributed by atoms with Gasteiger partial charge in [-0.15, -0.1) is 12.6 Å². The summed E-state index contributed by atoms with van der Waals surface area (Å²) in [4.78, 5) is 22.9. The van der Waals surface area contributed by atoms with E-state index in [-0.39, 0.29) is 21.8 Å². The van der Waals surface area contributed by atoms with E-state index in [1.165, 1.54) is 4.57 Å². The minimum atomic E-state index is -1.37. The minimum absolute atomic E-state index is 0.00898. The van der Waals surface area contributed by atoms with Crippen LogP contribution >= 0.6 is 12.6 Å². The van der Waals surface area contributed by atoms with Crippen molar-refractivity contribution in [1.82, 2.24) is 4.57 Å². The first-order valence-corrected chi connectivity index (χ1v) is 6.39. The smallest absolute Gasteiger partial charge is 0.341 e. The quantitative estimate of drug-likeness (QED) is 0.742. The zero-order valence-corrected chi connectivity index (χ0v) is 11.0. The van der Waals surface area contributed by atoms with E-state index >= 15 is 0 Å². The van der Waals surface area contributed by atoms with Crippen LogP contribution in [-0.4, -0.2) is 20.7 Å². The molecule has 1 aliphatic carbocycles. The summed E-state index contributed by atoms with van der Waals surface area (Å²) in [5.74, 6) is -2.68. The fourth-order valence-corrected chi connectivity index (χ4v) is 2.41. The van der Waals surface area contributed by atoms with Gasteiger partial charge in [-0.05, 0) is 18.9 Å². The number of halogens is 1. The molecular weight excluding hydrogens is 285 g/mol. The summed E-state index contributed by atoms with van der Waals surface area (Å²) < 4.78 is 15.7. The standard InChI is InChI=1S/C13H10FNO4S/c14-9-10-6(3-8(16)12(9)20)11(17)7(13(18)19)4-15(10)5-1-2-5/h3-5,16,20H,1-2H2,(H,18,19). The number of carboxylic acids is 1. The lowest BCUT2D eigenvalue weighted by Gasteiger charge is -2.13. The van der Waals surface area contributed by atoms with Gasteiger partial charge in [0.2, 0.25) is 5.43 Å². The van der Waals surface area contributed by atoms with Crippen LogP contribution in [0.5, 0.6) is 5.75 Å². The van der Waals surface area contributed by atoms with Crippen LogP contribution in [-0.2, 0) is 0 Å². The number of aromatic carboxylic acids is 1. The second-order valence-corrected chi connectivity index (χ2v) is 5.22. The Morgan fingerprint density at radius 3 is 2.65 bits per heavy atom. The molecule has 0 radical (unpaired) electrons. The summed E-state index contributed by atoms with van der Waals surface area (Å²) in [6.45, 7) is 0. The summed E-state index contributed by atoms with van der Waals surface area (Å²) in [5.41, 5.74) is -1.26. The maximum atomic E-state index is 14.3. The molecule has 3 rings (SSSR count). The maximum Gasteiger partial charge on any atom is 0.341 e. The Morgan fingerprint density at radius 1 is 1.45 bits per heavy atom. The number of carboxylic acid groups (broad SMARTS) is 1. The van der Waals surface area contributed by atoms with Gasteiger partial charge in [-0.2, -0.15) is 0 Å². The molecule has 0 saturated heterocycles. The number of benzene rings is 1. The molecule has 0 amide bonds. The van der Waals surface area contributed by atoms with Crippen molar-refractivity contribution >= 4 is 29.5 Å². The van der Waals surface area contributed by atoms with Crippen LogP contribution in [0.1, 0.15) is 29.2 Å². The Hall–Kier alpha value is -2.02. The number of fused-ring (bicyclic) bond motifs is 1. The van der Waals surface area contributed by atoms with Crippen molar-refractivity contribution in [3.05, 3.63) is 33.9 Å². The van der Waals surface area contributed by atoms with E-state index in [1.807, 2.05) is 0 Å². The van der Waals surface area contributed by atoms with Gasteiger partial charge >= 0.3 is 5.97 Å². The topological polar surface area (TPSA) is 79.5 Å². The number of carbonyl (C=O) groups is 1. The molecule has 1 heterocycles. The number of phenols is 1. The van der Waals surface area contributed by atoms with Crippen LogP contribution < -0.4 is 5.43 Å². The van der Waals surface area contributed by atoms with Gasteiger partial charge in [0.1, 0.15) is 11.3 Å². The Labute approximate surface area is 117 Å². The van der Waals surface area contributed by atoms with E-state index in [0.717, 1.165) is 25.1 Å². The molecule has 1 aromatic carbocycles. The molecule has 7 heteroatoms. The molecule has 104 valence electrons. The molecule has 1 saturated carbocycles. The lowest BCUT2D eigenvalue weighted by molar-refractivity contribution is 0.0695. The van der Waals surface area contributed by atoms with E-state index in [1.54, 1.807) is 0 Å². The van der Waals surface area contributed by atoms with Crippen molar-refractivity contribution in [2.24, 2.45) is 0 Å². The Balaban J connectivity index is 2.52. The van der Waals surface area contributed by atoms with Crippen molar-refractivity contribution in [3.8, 4) is 5.75 Å². The number of aromatic hydroxyl groups is 1. The second kappa shape index (κ2) is 4.24. The van der Waals surface area contributed by atoms with Gasteiger partial charge < -0.3 is 14.8 Å². The Bertz CT molecular complexity index is 810. The third kappa shape index (κ3) is 1.77. The highest BCUT2D eigenvalue weighted by atomic mass is 32.1. The van der Waals surface area contributed by atoms with Crippen LogP contribution in [0.3, 0.4) is 0 Å². The van der Waals surface area contributed by atoms with Gasteiger partial charge in [-0.3, -0.25) is 4.79 Å². The molecule has 5 nitrogen and oxygen atoms in total. The molecule has 0 atom stereocenters. The molecule has 0 unspecified atom stereocenters. The van der Waals surface area contributed by atoms with Crippen molar-refractivity contribution in [3.63, 3.8) is 0 Å².